The van der Waals surface area contributed by atoms with Gasteiger partial charge >= 0.3 is 6.03 Å². The average Bonchev–Trinajstić information content (AvgIpc) is 2.80. The number of anilines is 1. The van der Waals surface area contributed by atoms with Gasteiger partial charge in [-0.05, 0) is 24.1 Å². The van der Waals surface area contributed by atoms with Crippen molar-refractivity contribution in [1.82, 2.24) is 10.3 Å². The van der Waals surface area contributed by atoms with Gasteiger partial charge in [-0.1, -0.05) is 35.9 Å². The molecule has 2 aromatic rings. The Hall–Kier alpha value is -2.11. The molecule has 6 heteroatoms. The topological polar surface area (TPSA) is 74.2 Å². The molecule has 1 aliphatic carbocycles. The van der Waals surface area contributed by atoms with Crippen LogP contribution in [-0.4, -0.2) is 22.2 Å². The Kier molecular flexibility index (Phi) is 4.00. The molecule has 1 aliphatic rings. The molecule has 1 aromatic carbocycles. The fourth-order valence-corrected chi connectivity index (χ4v) is 2.85. The standard InChI is InChI=1S/C16H16ClN3O2/c1-9-14(17)12(6-7-18-9)19-16(22)20-15-11-5-3-2-4-10(11)8-13(15)21/h2-7,13,15,21H,8H2,1H3,(H2,18,19,20,22)/t13-,15+/m1/s1. The summed E-state index contributed by atoms with van der Waals surface area (Å²) in [6.45, 7) is 1.77. The molecule has 114 valence electrons. The van der Waals surface area contributed by atoms with Crippen LogP contribution in [0, 0.1) is 6.92 Å². The van der Waals surface area contributed by atoms with Crippen molar-refractivity contribution in [1.29, 1.82) is 0 Å². The van der Waals surface area contributed by atoms with E-state index < -0.39 is 18.2 Å². The highest BCUT2D eigenvalue weighted by Gasteiger charge is 2.31. The molecule has 2 atom stereocenters. The van der Waals surface area contributed by atoms with Crippen LogP contribution in [0.15, 0.2) is 36.5 Å². The number of rotatable bonds is 2. The smallest absolute Gasteiger partial charge is 0.319 e. The third-order valence-electron chi connectivity index (χ3n) is 3.80. The van der Waals surface area contributed by atoms with Gasteiger partial charge in [0.25, 0.3) is 0 Å². The zero-order valence-corrected chi connectivity index (χ0v) is 12.8. The number of pyridine rings is 1. The van der Waals surface area contributed by atoms with Gasteiger partial charge in [0.1, 0.15) is 0 Å². The van der Waals surface area contributed by atoms with Crippen LogP contribution in [-0.2, 0) is 6.42 Å². The van der Waals surface area contributed by atoms with Crippen LogP contribution in [0.25, 0.3) is 0 Å². The first-order chi connectivity index (χ1) is 10.6. The fourth-order valence-electron chi connectivity index (χ4n) is 2.69. The Bertz CT molecular complexity index is 720. The number of nitrogens with one attached hydrogen (secondary N) is 2. The Morgan fingerprint density at radius 1 is 1.36 bits per heavy atom. The zero-order chi connectivity index (χ0) is 15.7. The number of aliphatic hydroxyl groups excluding tert-OH is 1. The van der Waals surface area contributed by atoms with Gasteiger partial charge in [-0.25, -0.2) is 4.79 Å². The highest BCUT2D eigenvalue weighted by Crippen LogP contribution is 2.31. The highest BCUT2D eigenvalue weighted by molar-refractivity contribution is 6.34. The predicted octanol–water partition coefficient (Wildman–Crippen LogP) is 2.82. The van der Waals surface area contributed by atoms with Gasteiger partial charge in [0.05, 0.1) is 28.5 Å². The van der Waals surface area contributed by atoms with E-state index >= 15 is 0 Å². The van der Waals surface area contributed by atoms with E-state index in [0.717, 1.165) is 11.1 Å². The van der Waals surface area contributed by atoms with Crippen LogP contribution in [0.2, 0.25) is 5.02 Å². The van der Waals surface area contributed by atoms with Crippen molar-refractivity contribution in [2.45, 2.75) is 25.5 Å². The lowest BCUT2D eigenvalue weighted by Crippen LogP contribution is -2.36. The van der Waals surface area contributed by atoms with E-state index in [2.05, 4.69) is 15.6 Å². The monoisotopic (exact) mass is 317 g/mol. The number of benzene rings is 1. The molecule has 0 saturated carbocycles. The number of carbonyl (C=O) groups is 1. The second-order valence-electron chi connectivity index (χ2n) is 5.30. The quantitative estimate of drug-likeness (QED) is 0.797. The minimum absolute atomic E-state index is 0.407. The van der Waals surface area contributed by atoms with Crippen LogP contribution in [0.5, 0.6) is 0 Å². The lowest BCUT2D eigenvalue weighted by atomic mass is 10.1. The van der Waals surface area contributed by atoms with Crippen molar-refractivity contribution in [3.63, 3.8) is 0 Å². The number of halogens is 1. The molecule has 0 bridgehead atoms. The van der Waals surface area contributed by atoms with E-state index in [9.17, 15) is 9.90 Å². The number of aryl methyl sites for hydroxylation is 1. The molecule has 3 N–H and O–H groups in total. The zero-order valence-electron chi connectivity index (χ0n) is 12.0. The first-order valence-electron chi connectivity index (χ1n) is 7.00. The summed E-state index contributed by atoms with van der Waals surface area (Å²) >= 11 is 6.11. The van der Waals surface area contributed by atoms with E-state index in [4.69, 9.17) is 11.6 Å². The number of hydrogen-bond donors (Lipinski definition) is 3. The molecule has 1 aromatic heterocycles. The van der Waals surface area contributed by atoms with Gasteiger partial charge in [-0.3, -0.25) is 4.98 Å². The third kappa shape index (κ3) is 2.77. The Morgan fingerprint density at radius 2 is 2.14 bits per heavy atom. The summed E-state index contributed by atoms with van der Waals surface area (Å²) in [5.74, 6) is 0. The van der Waals surface area contributed by atoms with E-state index in [0.29, 0.717) is 22.8 Å². The van der Waals surface area contributed by atoms with Crippen LogP contribution < -0.4 is 10.6 Å². The number of fused-ring (bicyclic) bond motifs is 1. The second kappa shape index (κ2) is 5.94. The molecular formula is C16H16ClN3O2. The summed E-state index contributed by atoms with van der Waals surface area (Å²) in [6, 6.07) is 8.50. The largest absolute Gasteiger partial charge is 0.390 e. The number of aliphatic hydroxyl groups is 1. The normalized spacial score (nSPS) is 19.6. The number of nitrogens with zero attached hydrogens (tertiary/aromatic N) is 1. The lowest BCUT2D eigenvalue weighted by Gasteiger charge is -2.18. The van der Waals surface area contributed by atoms with Crippen LogP contribution >= 0.6 is 11.6 Å². The van der Waals surface area contributed by atoms with Gasteiger partial charge < -0.3 is 15.7 Å². The highest BCUT2D eigenvalue weighted by atomic mass is 35.5. The first kappa shape index (κ1) is 14.8. The molecule has 0 saturated heterocycles. The second-order valence-corrected chi connectivity index (χ2v) is 5.68. The number of hydrogen-bond acceptors (Lipinski definition) is 3. The summed E-state index contributed by atoms with van der Waals surface area (Å²) in [7, 11) is 0. The van der Waals surface area contributed by atoms with E-state index in [1.807, 2.05) is 24.3 Å². The van der Waals surface area contributed by atoms with Gasteiger partial charge in [-0.2, -0.15) is 0 Å². The van der Waals surface area contributed by atoms with Crippen molar-refractivity contribution >= 4 is 23.3 Å². The molecule has 0 spiro atoms. The summed E-state index contributed by atoms with van der Waals surface area (Å²) in [6.07, 6.45) is 1.49. The molecule has 0 unspecified atom stereocenters. The molecule has 0 aliphatic heterocycles. The maximum absolute atomic E-state index is 12.2. The summed E-state index contributed by atoms with van der Waals surface area (Å²) in [5.41, 5.74) is 3.14. The summed E-state index contributed by atoms with van der Waals surface area (Å²) < 4.78 is 0. The van der Waals surface area contributed by atoms with Gasteiger partial charge in [-0.15, -0.1) is 0 Å². The Morgan fingerprint density at radius 3 is 2.95 bits per heavy atom. The Balaban J connectivity index is 1.74. The molecule has 0 fully saturated rings. The maximum atomic E-state index is 12.2. The minimum atomic E-state index is -0.627. The number of urea groups is 1. The van der Waals surface area contributed by atoms with E-state index in [-0.39, 0.29) is 0 Å². The van der Waals surface area contributed by atoms with Crippen molar-refractivity contribution < 1.29 is 9.90 Å². The van der Waals surface area contributed by atoms with Gasteiger partial charge in [0.15, 0.2) is 0 Å². The van der Waals surface area contributed by atoms with Gasteiger partial charge in [0, 0.05) is 12.6 Å². The molecule has 22 heavy (non-hydrogen) atoms. The lowest BCUT2D eigenvalue weighted by molar-refractivity contribution is 0.144. The summed E-state index contributed by atoms with van der Waals surface area (Å²) in [5, 5.41) is 16.0. The number of amides is 2. The van der Waals surface area contributed by atoms with E-state index in [1.54, 1.807) is 19.2 Å². The fraction of sp³-hybridized carbons (Fsp3) is 0.250. The minimum Gasteiger partial charge on any atom is -0.390 e. The molecule has 5 nitrogen and oxygen atoms in total. The number of aromatic nitrogens is 1. The van der Waals surface area contributed by atoms with Crippen LogP contribution in [0.1, 0.15) is 22.9 Å². The maximum Gasteiger partial charge on any atom is 0.319 e. The van der Waals surface area contributed by atoms with Crippen molar-refractivity contribution in [2.75, 3.05) is 5.32 Å². The van der Waals surface area contributed by atoms with Crippen molar-refractivity contribution in [3.05, 3.63) is 58.4 Å². The Labute approximate surface area is 133 Å². The van der Waals surface area contributed by atoms with Crippen molar-refractivity contribution in [3.8, 4) is 0 Å². The molecule has 3 rings (SSSR count). The van der Waals surface area contributed by atoms with Gasteiger partial charge in [0.2, 0.25) is 0 Å². The number of carbonyl (C=O) groups excluding carboxylic acids is 1. The molecule has 2 amide bonds. The van der Waals surface area contributed by atoms with Crippen LogP contribution in [0.4, 0.5) is 10.5 Å². The molecular weight excluding hydrogens is 302 g/mol. The first-order valence-corrected chi connectivity index (χ1v) is 7.38. The molecule has 0 radical (unpaired) electrons. The van der Waals surface area contributed by atoms with E-state index in [1.165, 1.54) is 0 Å². The van der Waals surface area contributed by atoms with Crippen molar-refractivity contribution in [2.24, 2.45) is 0 Å². The predicted molar refractivity (Wildman–Crippen MR) is 85.0 cm³/mol. The van der Waals surface area contributed by atoms with Crippen LogP contribution in [0.3, 0.4) is 0 Å². The molecule has 1 heterocycles. The average molecular weight is 318 g/mol. The third-order valence-corrected chi connectivity index (χ3v) is 4.28. The SMILES string of the molecule is Cc1nccc(NC(=O)N[C@H]2c3ccccc3C[C@H]2O)c1Cl. The summed E-state index contributed by atoms with van der Waals surface area (Å²) in [4.78, 5) is 16.2.